The average Bonchev–Trinajstić information content (AvgIpc) is 2.67. The molecule has 0 heterocycles. The van der Waals surface area contributed by atoms with Crippen molar-refractivity contribution in [1.82, 2.24) is 10.6 Å². The van der Waals surface area contributed by atoms with Crippen molar-refractivity contribution in [3.05, 3.63) is 52.3 Å². The summed E-state index contributed by atoms with van der Waals surface area (Å²) in [5.41, 5.74) is 7.37. The molecule has 0 aromatic heterocycles. The molecule has 0 atom stereocenters. The van der Waals surface area contributed by atoms with Gasteiger partial charge in [-0.2, -0.15) is 5.26 Å². The van der Waals surface area contributed by atoms with Crippen molar-refractivity contribution in [2.45, 2.75) is 44.8 Å². The number of nitrogens with two attached hydrogens (primary N) is 1. The number of benzene rings is 1. The first-order chi connectivity index (χ1) is 12.9. The van der Waals surface area contributed by atoms with Crippen LogP contribution in [0, 0.1) is 11.3 Å². The Hall–Kier alpha value is -2.65. The maximum atomic E-state index is 12.2. The molecule has 1 fully saturated rings. The standard InChI is InChI=1S/C20H25ClN4O2/c1-13(24-2)3-10-19(23)20(26)25-15-5-8-16(9-6-15)27-17-7-4-14(12-22)18(21)11-17/h3-4,7,10-11,15-16,24H,5-6,8-9,23H2,1-2H3,(H,25,26)/b13-3-,19-10-. The summed E-state index contributed by atoms with van der Waals surface area (Å²) < 4.78 is 5.96. The molecule has 1 aliphatic carbocycles. The predicted octanol–water partition coefficient (Wildman–Crippen LogP) is 2.98. The number of halogens is 1. The van der Waals surface area contributed by atoms with Crippen molar-refractivity contribution in [1.29, 1.82) is 5.26 Å². The number of carbonyl (C=O) groups excluding carboxylic acids is 1. The van der Waals surface area contributed by atoms with E-state index in [0.717, 1.165) is 31.4 Å². The lowest BCUT2D eigenvalue weighted by molar-refractivity contribution is -0.118. The molecule has 4 N–H and O–H groups in total. The van der Waals surface area contributed by atoms with Gasteiger partial charge in [-0.1, -0.05) is 11.6 Å². The summed E-state index contributed by atoms with van der Waals surface area (Å²) in [4.78, 5) is 12.2. The van der Waals surface area contributed by atoms with Gasteiger partial charge in [-0.05, 0) is 56.9 Å². The first kappa shape index (κ1) is 20.7. The fraction of sp³-hybridized carbons (Fsp3) is 0.400. The molecule has 1 aliphatic rings. The first-order valence-corrected chi connectivity index (χ1v) is 9.29. The molecule has 0 radical (unpaired) electrons. The second-order valence-corrected chi connectivity index (χ2v) is 6.95. The minimum absolute atomic E-state index is 0.0660. The molecule has 0 saturated heterocycles. The predicted molar refractivity (Wildman–Crippen MR) is 106 cm³/mol. The highest BCUT2D eigenvalue weighted by Gasteiger charge is 2.24. The third-order valence-electron chi connectivity index (χ3n) is 4.54. The first-order valence-electron chi connectivity index (χ1n) is 8.92. The molecule has 6 nitrogen and oxygen atoms in total. The normalized spacial score (nSPS) is 20.5. The summed E-state index contributed by atoms with van der Waals surface area (Å²) in [5.74, 6) is 0.406. The number of hydrogen-bond acceptors (Lipinski definition) is 5. The summed E-state index contributed by atoms with van der Waals surface area (Å²) in [6.07, 6.45) is 6.72. The van der Waals surface area contributed by atoms with E-state index in [1.54, 1.807) is 30.4 Å². The Morgan fingerprint density at radius 1 is 1.33 bits per heavy atom. The van der Waals surface area contributed by atoms with E-state index < -0.39 is 0 Å². The van der Waals surface area contributed by atoms with Crippen molar-refractivity contribution >= 4 is 17.5 Å². The van der Waals surface area contributed by atoms with E-state index >= 15 is 0 Å². The van der Waals surface area contributed by atoms with Gasteiger partial charge in [0.1, 0.15) is 11.8 Å². The van der Waals surface area contributed by atoms with Crippen molar-refractivity contribution in [2.24, 2.45) is 5.73 Å². The Balaban J connectivity index is 1.82. The number of allylic oxidation sites excluding steroid dienone is 3. The Labute approximate surface area is 165 Å². The van der Waals surface area contributed by atoms with Gasteiger partial charge in [-0.15, -0.1) is 0 Å². The van der Waals surface area contributed by atoms with Gasteiger partial charge in [0.2, 0.25) is 0 Å². The molecule has 0 bridgehead atoms. The molecule has 0 spiro atoms. The third kappa shape index (κ3) is 6.22. The van der Waals surface area contributed by atoms with Crippen LogP contribution in [0.25, 0.3) is 0 Å². The molecule has 7 heteroatoms. The van der Waals surface area contributed by atoms with Crippen molar-refractivity contribution in [2.75, 3.05) is 7.05 Å². The number of amides is 1. The fourth-order valence-corrected chi connectivity index (χ4v) is 3.03. The lowest BCUT2D eigenvalue weighted by Crippen LogP contribution is -2.41. The third-order valence-corrected chi connectivity index (χ3v) is 4.86. The zero-order chi connectivity index (χ0) is 19.8. The molecule has 27 heavy (non-hydrogen) atoms. The van der Waals surface area contributed by atoms with Gasteiger partial charge in [0.15, 0.2) is 0 Å². The fourth-order valence-electron chi connectivity index (χ4n) is 2.82. The summed E-state index contributed by atoms with van der Waals surface area (Å²) in [6.45, 7) is 1.89. The molecule has 2 rings (SSSR count). The van der Waals surface area contributed by atoms with Gasteiger partial charge >= 0.3 is 0 Å². The van der Waals surface area contributed by atoms with Crippen molar-refractivity contribution < 1.29 is 9.53 Å². The van der Waals surface area contributed by atoms with Crippen LogP contribution in [0.4, 0.5) is 0 Å². The van der Waals surface area contributed by atoms with Crippen LogP contribution in [-0.4, -0.2) is 25.1 Å². The topological polar surface area (TPSA) is 100 Å². The highest BCUT2D eigenvalue weighted by molar-refractivity contribution is 6.31. The SMILES string of the molecule is CN/C(C)=C\C=C(/N)C(=O)NC1CCC(Oc2ccc(C#N)c(Cl)c2)CC1. The Kier molecular flexibility index (Phi) is 7.56. The number of rotatable bonds is 6. The molecule has 0 unspecified atom stereocenters. The van der Waals surface area contributed by atoms with Gasteiger partial charge in [0, 0.05) is 24.9 Å². The smallest absolute Gasteiger partial charge is 0.267 e. The van der Waals surface area contributed by atoms with Crippen LogP contribution in [0.3, 0.4) is 0 Å². The van der Waals surface area contributed by atoms with Crippen LogP contribution in [0.15, 0.2) is 41.7 Å². The van der Waals surface area contributed by atoms with E-state index in [4.69, 9.17) is 27.3 Å². The second kappa shape index (κ2) is 9.89. The summed E-state index contributed by atoms with van der Waals surface area (Å²) in [5, 5.41) is 15.2. The number of hydrogen-bond donors (Lipinski definition) is 3. The highest BCUT2D eigenvalue weighted by atomic mass is 35.5. The number of nitriles is 1. The zero-order valence-electron chi connectivity index (χ0n) is 15.6. The molecular weight excluding hydrogens is 364 g/mol. The number of ether oxygens (including phenoxy) is 1. The van der Waals surface area contributed by atoms with Gasteiger partial charge in [0.25, 0.3) is 5.91 Å². The van der Waals surface area contributed by atoms with E-state index in [2.05, 4.69) is 10.6 Å². The Bertz CT molecular complexity index is 775. The maximum absolute atomic E-state index is 12.2. The van der Waals surface area contributed by atoms with Crippen molar-refractivity contribution in [3.63, 3.8) is 0 Å². The average molecular weight is 389 g/mol. The summed E-state index contributed by atoms with van der Waals surface area (Å²) in [6, 6.07) is 7.19. The van der Waals surface area contributed by atoms with Crippen molar-refractivity contribution in [3.8, 4) is 11.8 Å². The largest absolute Gasteiger partial charge is 0.490 e. The highest BCUT2D eigenvalue weighted by Crippen LogP contribution is 2.27. The van der Waals surface area contributed by atoms with E-state index in [1.807, 2.05) is 20.0 Å². The molecule has 1 saturated carbocycles. The van der Waals surface area contributed by atoms with Crippen LogP contribution in [0.2, 0.25) is 5.02 Å². The maximum Gasteiger partial charge on any atom is 0.267 e. The van der Waals surface area contributed by atoms with Crippen LogP contribution in [0.5, 0.6) is 5.75 Å². The van der Waals surface area contributed by atoms with Crippen LogP contribution < -0.4 is 21.1 Å². The van der Waals surface area contributed by atoms with Crippen LogP contribution in [-0.2, 0) is 4.79 Å². The molecular formula is C20H25ClN4O2. The van der Waals surface area contributed by atoms with Crippen LogP contribution >= 0.6 is 11.6 Å². The molecule has 1 amide bonds. The summed E-state index contributed by atoms with van der Waals surface area (Å²) >= 11 is 6.04. The van der Waals surface area contributed by atoms with E-state index in [0.29, 0.717) is 16.3 Å². The minimum Gasteiger partial charge on any atom is -0.490 e. The minimum atomic E-state index is -0.251. The summed E-state index contributed by atoms with van der Waals surface area (Å²) in [7, 11) is 1.81. The van der Waals surface area contributed by atoms with E-state index in [9.17, 15) is 4.79 Å². The van der Waals surface area contributed by atoms with Crippen LogP contribution in [0.1, 0.15) is 38.2 Å². The lowest BCUT2D eigenvalue weighted by Gasteiger charge is -2.29. The van der Waals surface area contributed by atoms with Gasteiger partial charge in [-0.25, -0.2) is 0 Å². The van der Waals surface area contributed by atoms with E-state index in [1.165, 1.54) is 0 Å². The molecule has 144 valence electrons. The quantitative estimate of drug-likeness (QED) is 0.513. The molecule has 1 aromatic carbocycles. The second-order valence-electron chi connectivity index (χ2n) is 6.54. The van der Waals surface area contributed by atoms with Gasteiger partial charge in [0.05, 0.1) is 22.4 Å². The number of carbonyl (C=O) groups is 1. The number of nitrogens with one attached hydrogen (secondary N) is 2. The Morgan fingerprint density at radius 3 is 2.63 bits per heavy atom. The molecule has 0 aliphatic heterocycles. The van der Waals surface area contributed by atoms with E-state index in [-0.39, 0.29) is 23.8 Å². The lowest BCUT2D eigenvalue weighted by atomic mass is 9.93. The molecule has 1 aromatic rings. The van der Waals surface area contributed by atoms with Gasteiger partial charge in [-0.3, -0.25) is 4.79 Å². The number of nitrogens with zero attached hydrogens (tertiary/aromatic N) is 1. The van der Waals surface area contributed by atoms with Gasteiger partial charge < -0.3 is 21.1 Å². The Morgan fingerprint density at radius 2 is 2.04 bits per heavy atom. The zero-order valence-corrected chi connectivity index (χ0v) is 16.3. The monoisotopic (exact) mass is 388 g/mol.